The highest BCUT2D eigenvalue weighted by Crippen LogP contribution is 2.39. The fraction of sp³-hybridized carbons (Fsp3) is 0.154. The van der Waals surface area contributed by atoms with Crippen LogP contribution in [0.25, 0.3) is 65.5 Å². The molecule has 0 aliphatic rings. The van der Waals surface area contributed by atoms with Gasteiger partial charge in [0.05, 0.1) is 0 Å². The van der Waals surface area contributed by atoms with Gasteiger partial charge in [0.25, 0.3) is 0 Å². The molecule has 7 rings (SSSR count). The van der Waals surface area contributed by atoms with Crippen molar-refractivity contribution in [2.75, 3.05) is 0 Å². The lowest BCUT2D eigenvalue weighted by Gasteiger charge is -2.33. The van der Waals surface area contributed by atoms with Gasteiger partial charge in [0.15, 0.2) is 23.1 Å². The van der Waals surface area contributed by atoms with Crippen LogP contribution in [0.4, 0.5) is 0 Å². The third-order valence-electron chi connectivity index (χ3n) is 8.70. The molecule has 7 heteroatoms. The SMILES string of the molecule is CC(C)([OH2+])C(C)(C)O[B]c1ccc(-c2ccc(-c3nc(-c4ccccc4)nc(-c4ccccc4)n3)cc2)c2sc3ccccc3c12. The maximum absolute atomic E-state index is 8.55. The van der Waals surface area contributed by atoms with E-state index < -0.39 is 11.2 Å². The summed E-state index contributed by atoms with van der Waals surface area (Å²) in [5.41, 5.74) is 4.68. The predicted molar refractivity (Wildman–Crippen MR) is 193 cm³/mol. The molecule has 46 heavy (non-hydrogen) atoms. The summed E-state index contributed by atoms with van der Waals surface area (Å²) in [5.74, 6) is 1.92. The number of thiophene rings is 1. The van der Waals surface area contributed by atoms with Gasteiger partial charge < -0.3 is 9.76 Å². The van der Waals surface area contributed by atoms with Crippen LogP contribution in [0.1, 0.15) is 27.7 Å². The van der Waals surface area contributed by atoms with E-state index in [0.29, 0.717) is 17.5 Å². The first-order valence-electron chi connectivity index (χ1n) is 15.4. The highest BCUT2D eigenvalue weighted by Gasteiger charge is 2.40. The lowest BCUT2D eigenvalue weighted by atomic mass is 9.80. The predicted octanol–water partition coefficient (Wildman–Crippen LogP) is 8.45. The molecule has 2 heterocycles. The van der Waals surface area contributed by atoms with Crippen LogP contribution >= 0.6 is 11.3 Å². The van der Waals surface area contributed by atoms with Gasteiger partial charge >= 0.3 is 7.48 Å². The molecule has 0 aliphatic carbocycles. The van der Waals surface area contributed by atoms with E-state index in [-0.39, 0.29) is 0 Å². The first kappa shape index (κ1) is 30.0. The van der Waals surface area contributed by atoms with Gasteiger partial charge in [-0.2, -0.15) is 0 Å². The Morgan fingerprint density at radius 2 is 1.09 bits per heavy atom. The molecule has 0 spiro atoms. The van der Waals surface area contributed by atoms with Gasteiger partial charge in [-0.25, -0.2) is 15.0 Å². The van der Waals surface area contributed by atoms with Crippen LogP contribution in [-0.2, 0) is 4.65 Å². The van der Waals surface area contributed by atoms with Crippen molar-refractivity contribution in [2.45, 2.75) is 38.9 Å². The molecule has 0 saturated carbocycles. The zero-order chi connectivity index (χ0) is 31.9. The second kappa shape index (κ2) is 11.9. The van der Waals surface area contributed by atoms with E-state index in [1.165, 1.54) is 20.2 Å². The number of hydrogen-bond donors (Lipinski definition) is 0. The van der Waals surface area contributed by atoms with Crippen molar-refractivity contribution in [1.82, 2.24) is 15.0 Å². The highest BCUT2D eigenvalue weighted by atomic mass is 32.1. The molecule has 0 unspecified atom stereocenters. The average Bonchev–Trinajstić information content (AvgIpc) is 3.47. The first-order valence-corrected chi connectivity index (χ1v) is 16.2. The van der Waals surface area contributed by atoms with Crippen LogP contribution in [0.2, 0.25) is 0 Å². The van der Waals surface area contributed by atoms with Crippen LogP contribution in [0.5, 0.6) is 0 Å². The smallest absolute Gasteiger partial charge is 0.331 e. The van der Waals surface area contributed by atoms with Gasteiger partial charge in [-0.3, -0.25) is 0 Å². The molecule has 225 valence electrons. The van der Waals surface area contributed by atoms with E-state index in [1.807, 2.05) is 95.8 Å². The minimum Gasteiger partial charge on any atom is -0.439 e. The second-order valence-electron chi connectivity index (χ2n) is 12.5. The third-order valence-corrected chi connectivity index (χ3v) is 9.90. The van der Waals surface area contributed by atoms with Crippen LogP contribution in [0.3, 0.4) is 0 Å². The standard InChI is InChI=1S/C39H33BN3O2S/c1-38(2,44)39(3,4)45-40-31-24-23-29(34-33(31)30-17-11-12-18-32(30)46-34)25-19-21-28(22-20-25)37-42-35(26-13-7-5-8-14-26)41-36(43-37)27-15-9-6-10-16-27/h5-24,44H,1-4H3/p+1. The third kappa shape index (κ3) is 5.74. The summed E-state index contributed by atoms with van der Waals surface area (Å²) in [6.07, 6.45) is 0. The fourth-order valence-corrected chi connectivity index (χ4v) is 6.55. The van der Waals surface area contributed by atoms with Crippen molar-refractivity contribution in [3.63, 3.8) is 0 Å². The molecule has 0 fully saturated rings. The number of hydrogen-bond acceptors (Lipinski definition) is 5. The molecule has 0 saturated heterocycles. The molecule has 0 bridgehead atoms. The van der Waals surface area contributed by atoms with Crippen LogP contribution in [-0.4, -0.2) is 38.7 Å². The lowest BCUT2D eigenvalue weighted by molar-refractivity contribution is -0.0893. The summed E-state index contributed by atoms with van der Waals surface area (Å²) in [5, 5.41) is 10.9. The molecule has 5 nitrogen and oxygen atoms in total. The maximum atomic E-state index is 8.55. The number of aromatic nitrogens is 3. The van der Waals surface area contributed by atoms with Gasteiger partial charge in [0, 0.05) is 39.9 Å². The Bertz CT molecular complexity index is 2100. The zero-order valence-electron chi connectivity index (χ0n) is 26.3. The van der Waals surface area contributed by atoms with Crippen molar-refractivity contribution in [2.24, 2.45) is 0 Å². The van der Waals surface area contributed by atoms with Crippen molar-refractivity contribution >= 4 is 44.5 Å². The molecule has 5 aromatic carbocycles. The number of nitrogens with zero attached hydrogens (tertiary/aromatic N) is 3. The Labute approximate surface area is 273 Å². The number of rotatable bonds is 8. The topological polar surface area (TPSA) is 70.8 Å². The summed E-state index contributed by atoms with van der Waals surface area (Å²) in [4.78, 5) is 14.6. The van der Waals surface area contributed by atoms with Gasteiger partial charge in [0.1, 0.15) is 5.60 Å². The Hall–Kier alpha value is -4.69. The fourth-order valence-electron chi connectivity index (χ4n) is 5.27. The van der Waals surface area contributed by atoms with E-state index >= 15 is 0 Å². The summed E-state index contributed by atoms with van der Waals surface area (Å²) in [7, 11) is 1.83. The minimum absolute atomic E-state index is 0.633. The quantitative estimate of drug-likeness (QED) is 0.126. The molecule has 0 aliphatic heterocycles. The Morgan fingerprint density at radius 1 is 0.587 bits per heavy atom. The molecular weight excluding hydrogens is 585 g/mol. The Balaban J connectivity index is 1.29. The molecular formula is C39H34BN3O2S+. The second-order valence-corrected chi connectivity index (χ2v) is 13.5. The van der Waals surface area contributed by atoms with Crippen molar-refractivity contribution < 1.29 is 9.76 Å². The van der Waals surface area contributed by atoms with Crippen molar-refractivity contribution in [3.05, 3.63) is 121 Å². The van der Waals surface area contributed by atoms with Crippen molar-refractivity contribution in [1.29, 1.82) is 0 Å². The van der Waals surface area contributed by atoms with E-state index in [2.05, 4.69) is 60.7 Å². The minimum atomic E-state index is -0.761. The summed E-state index contributed by atoms with van der Waals surface area (Å²) in [6, 6.07) is 41.3. The van der Waals surface area contributed by atoms with E-state index in [4.69, 9.17) is 24.7 Å². The van der Waals surface area contributed by atoms with Crippen molar-refractivity contribution in [3.8, 4) is 45.3 Å². The van der Waals surface area contributed by atoms with Gasteiger partial charge in [0.2, 0.25) is 0 Å². The van der Waals surface area contributed by atoms with E-state index in [1.54, 1.807) is 11.3 Å². The Morgan fingerprint density at radius 3 is 1.65 bits per heavy atom. The van der Waals surface area contributed by atoms with E-state index in [0.717, 1.165) is 33.3 Å². The van der Waals surface area contributed by atoms with E-state index in [9.17, 15) is 0 Å². The van der Waals surface area contributed by atoms with Crippen LogP contribution in [0.15, 0.2) is 121 Å². The molecule has 7 aromatic rings. The van der Waals surface area contributed by atoms with Crippen LogP contribution < -0.4 is 5.46 Å². The number of fused-ring (bicyclic) bond motifs is 3. The highest BCUT2D eigenvalue weighted by molar-refractivity contribution is 7.26. The summed E-state index contributed by atoms with van der Waals surface area (Å²) >= 11 is 1.79. The van der Waals surface area contributed by atoms with Crippen LogP contribution in [0, 0.1) is 0 Å². The average molecular weight is 620 g/mol. The largest absolute Gasteiger partial charge is 0.439 e. The lowest BCUT2D eigenvalue weighted by Crippen LogP contribution is -2.49. The molecule has 0 amide bonds. The van der Waals surface area contributed by atoms with Gasteiger partial charge in [-0.15, -0.1) is 11.3 Å². The summed E-state index contributed by atoms with van der Waals surface area (Å²) < 4.78 is 8.70. The molecule has 1 radical (unpaired) electrons. The molecule has 0 atom stereocenters. The first-order chi connectivity index (χ1) is 22.2. The zero-order valence-corrected chi connectivity index (χ0v) is 27.1. The summed E-state index contributed by atoms with van der Waals surface area (Å²) in [6.45, 7) is 7.69. The van der Waals surface area contributed by atoms with Gasteiger partial charge in [-0.1, -0.05) is 115 Å². The Kier molecular flexibility index (Phi) is 7.77. The maximum Gasteiger partial charge on any atom is 0.331 e. The monoisotopic (exact) mass is 619 g/mol. The number of benzene rings is 5. The molecule has 2 aromatic heterocycles. The van der Waals surface area contributed by atoms with Gasteiger partial charge in [-0.05, 0) is 47.3 Å². The molecule has 2 N–H and O–H groups in total. The normalized spacial score (nSPS) is 12.1.